The van der Waals surface area contributed by atoms with Crippen LogP contribution < -0.4 is 14.3 Å². The lowest BCUT2D eigenvalue weighted by molar-refractivity contribution is -0.148. The van der Waals surface area contributed by atoms with Gasteiger partial charge in [-0.1, -0.05) is 18.5 Å². The molecule has 33 heavy (non-hydrogen) atoms. The van der Waals surface area contributed by atoms with Crippen molar-refractivity contribution in [2.45, 2.75) is 33.4 Å². The maximum atomic E-state index is 13.2. The zero-order chi connectivity index (χ0) is 24.0. The number of nitrogens with zero attached hydrogens (tertiary/aromatic N) is 5. The fourth-order valence-corrected chi connectivity index (χ4v) is 3.70. The molecule has 1 amide bonds. The van der Waals surface area contributed by atoms with E-state index in [0.29, 0.717) is 29.0 Å². The molecular weight excluding hydrogens is 470 g/mol. The van der Waals surface area contributed by atoms with E-state index in [-0.39, 0.29) is 39.8 Å². The molecule has 0 saturated carbocycles. The fraction of sp³-hybridized carbons (Fsp3) is 0.333. The van der Waals surface area contributed by atoms with Crippen LogP contribution in [-0.2, 0) is 16.3 Å². The minimum absolute atomic E-state index is 0.197. The molecule has 3 heterocycles. The van der Waals surface area contributed by atoms with Gasteiger partial charge in [0, 0.05) is 29.4 Å². The SMILES string of the molecule is CCCC(=O)OCn1nc(OC)s/c1=N\C(=O)c1cnc(C)cc1-c1cc(Cl)ncc1OC. The van der Waals surface area contributed by atoms with Gasteiger partial charge in [-0.15, -0.1) is 5.10 Å². The summed E-state index contributed by atoms with van der Waals surface area (Å²) in [4.78, 5) is 37.6. The summed E-state index contributed by atoms with van der Waals surface area (Å²) in [5, 5.41) is 4.68. The summed E-state index contributed by atoms with van der Waals surface area (Å²) >= 11 is 7.13. The molecule has 0 aliphatic rings. The van der Waals surface area contributed by atoms with Crippen LogP contribution in [0.4, 0.5) is 0 Å². The van der Waals surface area contributed by atoms with Crippen LogP contribution in [0.1, 0.15) is 35.8 Å². The molecule has 3 aromatic heterocycles. The average Bonchev–Trinajstić information content (AvgIpc) is 3.19. The number of pyridine rings is 2. The monoisotopic (exact) mass is 491 g/mol. The molecule has 3 rings (SSSR count). The van der Waals surface area contributed by atoms with E-state index in [9.17, 15) is 9.59 Å². The smallest absolute Gasteiger partial charge is 0.307 e. The molecule has 0 fully saturated rings. The second-order valence-electron chi connectivity index (χ2n) is 6.75. The van der Waals surface area contributed by atoms with Crippen molar-refractivity contribution >= 4 is 34.8 Å². The molecule has 12 heteroatoms. The molecule has 0 saturated heterocycles. The number of ether oxygens (including phenoxy) is 3. The Balaban J connectivity index is 2.05. The van der Waals surface area contributed by atoms with Crippen molar-refractivity contribution in [3.8, 4) is 22.1 Å². The number of aryl methyl sites for hydroxylation is 1. The molecule has 3 aromatic rings. The van der Waals surface area contributed by atoms with Crippen molar-refractivity contribution in [1.29, 1.82) is 0 Å². The van der Waals surface area contributed by atoms with Gasteiger partial charge < -0.3 is 14.2 Å². The van der Waals surface area contributed by atoms with E-state index in [0.717, 1.165) is 11.3 Å². The second-order valence-corrected chi connectivity index (χ2v) is 8.05. The number of esters is 1. The first-order chi connectivity index (χ1) is 15.9. The summed E-state index contributed by atoms with van der Waals surface area (Å²) in [6, 6.07) is 3.35. The van der Waals surface area contributed by atoms with Crippen molar-refractivity contribution in [3.63, 3.8) is 0 Å². The minimum atomic E-state index is -0.576. The lowest BCUT2D eigenvalue weighted by atomic mass is 10.0. The predicted molar refractivity (Wildman–Crippen MR) is 121 cm³/mol. The Morgan fingerprint density at radius 1 is 1.15 bits per heavy atom. The summed E-state index contributed by atoms with van der Waals surface area (Å²) in [6.45, 7) is 3.48. The molecule has 0 spiro atoms. The van der Waals surface area contributed by atoms with Gasteiger partial charge in [0.1, 0.15) is 10.9 Å². The standard InChI is InChI=1S/C21H22ClN5O5S/c1-5-6-18(28)32-11-27-20(33-21(26-27)31-4)25-19(29)15-9-23-12(2)7-13(15)14-8-17(22)24-10-16(14)30-3/h7-10H,5-6,11H2,1-4H3/b25-20-. The lowest BCUT2D eigenvalue weighted by Gasteiger charge is -2.12. The Morgan fingerprint density at radius 3 is 2.64 bits per heavy atom. The van der Waals surface area contributed by atoms with Crippen LogP contribution in [0.25, 0.3) is 11.1 Å². The van der Waals surface area contributed by atoms with Gasteiger partial charge >= 0.3 is 5.97 Å². The molecule has 0 unspecified atom stereocenters. The van der Waals surface area contributed by atoms with E-state index in [2.05, 4.69) is 20.1 Å². The zero-order valence-electron chi connectivity index (χ0n) is 18.5. The molecular formula is C21H22ClN5O5S. The van der Waals surface area contributed by atoms with E-state index >= 15 is 0 Å². The first-order valence-electron chi connectivity index (χ1n) is 9.89. The first kappa shape index (κ1) is 24.3. The molecule has 0 atom stereocenters. The highest BCUT2D eigenvalue weighted by atomic mass is 35.5. The highest BCUT2D eigenvalue weighted by Gasteiger charge is 2.19. The molecule has 0 N–H and O–H groups in total. The lowest BCUT2D eigenvalue weighted by Crippen LogP contribution is -2.22. The predicted octanol–water partition coefficient (Wildman–Crippen LogP) is 3.42. The van der Waals surface area contributed by atoms with Gasteiger partial charge in [-0.05, 0) is 36.8 Å². The minimum Gasteiger partial charge on any atom is -0.494 e. The van der Waals surface area contributed by atoms with Crippen LogP contribution in [0, 0.1) is 6.92 Å². The highest BCUT2D eigenvalue weighted by molar-refractivity contribution is 7.10. The topological polar surface area (TPSA) is 118 Å². The van der Waals surface area contributed by atoms with Crippen molar-refractivity contribution in [2.24, 2.45) is 4.99 Å². The summed E-state index contributed by atoms with van der Waals surface area (Å²) < 4.78 is 17.0. The van der Waals surface area contributed by atoms with Crippen LogP contribution in [0.15, 0.2) is 29.5 Å². The first-order valence-corrected chi connectivity index (χ1v) is 11.1. The Kier molecular flexibility index (Phi) is 8.12. The number of hydrogen-bond acceptors (Lipinski definition) is 9. The van der Waals surface area contributed by atoms with Crippen LogP contribution in [0.3, 0.4) is 0 Å². The maximum absolute atomic E-state index is 13.2. The maximum Gasteiger partial charge on any atom is 0.307 e. The quantitative estimate of drug-likeness (QED) is 0.347. The van der Waals surface area contributed by atoms with Crippen LogP contribution in [0.2, 0.25) is 5.15 Å². The molecule has 0 bridgehead atoms. The number of aromatic nitrogens is 4. The fourth-order valence-electron chi connectivity index (χ4n) is 2.84. The average molecular weight is 492 g/mol. The van der Waals surface area contributed by atoms with Crippen molar-refractivity contribution < 1.29 is 23.8 Å². The number of rotatable bonds is 8. The van der Waals surface area contributed by atoms with E-state index in [4.69, 9.17) is 25.8 Å². The third-order valence-corrected chi connectivity index (χ3v) is 5.50. The summed E-state index contributed by atoms with van der Waals surface area (Å²) in [7, 11) is 2.94. The molecule has 0 aliphatic carbocycles. The number of carbonyl (C=O) groups is 2. The van der Waals surface area contributed by atoms with Crippen molar-refractivity contribution in [2.75, 3.05) is 14.2 Å². The van der Waals surface area contributed by atoms with Gasteiger partial charge in [-0.25, -0.2) is 4.98 Å². The number of carbonyl (C=O) groups excluding carboxylic acids is 2. The number of halogens is 1. The van der Waals surface area contributed by atoms with Gasteiger partial charge in [-0.3, -0.25) is 14.6 Å². The van der Waals surface area contributed by atoms with Gasteiger partial charge in [0.05, 0.1) is 26.0 Å². The van der Waals surface area contributed by atoms with Crippen LogP contribution in [0.5, 0.6) is 10.9 Å². The highest BCUT2D eigenvalue weighted by Crippen LogP contribution is 2.34. The number of methoxy groups -OCH3 is 2. The van der Waals surface area contributed by atoms with Gasteiger partial charge in [0.2, 0.25) is 4.80 Å². The third-order valence-electron chi connectivity index (χ3n) is 4.39. The zero-order valence-corrected chi connectivity index (χ0v) is 20.1. The van der Waals surface area contributed by atoms with Crippen molar-refractivity contribution in [1.82, 2.24) is 19.7 Å². The second kappa shape index (κ2) is 11.0. The summed E-state index contributed by atoms with van der Waals surface area (Å²) in [5.74, 6) is -0.509. The van der Waals surface area contributed by atoms with E-state index < -0.39 is 5.91 Å². The Hall–Kier alpha value is -3.31. The molecule has 0 radical (unpaired) electrons. The largest absolute Gasteiger partial charge is 0.494 e. The molecule has 0 aliphatic heterocycles. The Labute approximate surface area is 198 Å². The Morgan fingerprint density at radius 2 is 1.94 bits per heavy atom. The van der Waals surface area contributed by atoms with Gasteiger partial charge in [-0.2, -0.15) is 9.67 Å². The summed E-state index contributed by atoms with van der Waals surface area (Å²) in [5.41, 5.74) is 2.02. The van der Waals surface area contributed by atoms with Crippen LogP contribution >= 0.6 is 22.9 Å². The van der Waals surface area contributed by atoms with Crippen molar-refractivity contribution in [3.05, 3.63) is 45.7 Å². The Bertz CT molecular complexity index is 1240. The molecule has 174 valence electrons. The third kappa shape index (κ3) is 5.93. The van der Waals surface area contributed by atoms with E-state index in [1.165, 1.54) is 31.3 Å². The van der Waals surface area contributed by atoms with Crippen LogP contribution in [-0.4, -0.2) is 45.8 Å². The molecule has 0 aromatic carbocycles. The van der Waals surface area contributed by atoms with E-state index in [1.807, 2.05) is 6.92 Å². The molecule has 10 nitrogen and oxygen atoms in total. The van der Waals surface area contributed by atoms with Gasteiger partial charge in [0.25, 0.3) is 11.1 Å². The summed E-state index contributed by atoms with van der Waals surface area (Å²) in [6.07, 6.45) is 3.85. The number of hydrogen-bond donors (Lipinski definition) is 0. The van der Waals surface area contributed by atoms with Gasteiger partial charge in [0.15, 0.2) is 6.73 Å². The number of amides is 1. The normalized spacial score (nSPS) is 11.4. The van der Waals surface area contributed by atoms with E-state index in [1.54, 1.807) is 19.1 Å².